The summed E-state index contributed by atoms with van der Waals surface area (Å²) in [5.41, 5.74) is 6.97. The van der Waals surface area contributed by atoms with Gasteiger partial charge >= 0.3 is 0 Å². The first-order valence-corrected chi connectivity index (χ1v) is 9.32. The molecular formula is C25H24O. The van der Waals surface area contributed by atoms with Gasteiger partial charge in [-0.15, -0.1) is 0 Å². The van der Waals surface area contributed by atoms with Crippen LogP contribution in [0.2, 0.25) is 0 Å². The largest absolute Gasteiger partial charge is 0.369 e. The summed E-state index contributed by atoms with van der Waals surface area (Å²) in [6.45, 7) is 0.719. The standard InChI is InChI=1S/C25H24O/c1-4-10-20(11-5-1)16-23-18-25(22-14-8-3-9-15-22)26-19-24(23)17-21-12-6-2-7-13-21/h1-15,25H,16-19H2. The van der Waals surface area contributed by atoms with Gasteiger partial charge < -0.3 is 4.74 Å². The fourth-order valence-electron chi connectivity index (χ4n) is 3.67. The van der Waals surface area contributed by atoms with Gasteiger partial charge in [0.15, 0.2) is 0 Å². The van der Waals surface area contributed by atoms with Crippen molar-refractivity contribution >= 4 is 0 Å². The summed E-state index contributed by atoms with van der Waals surface area (Å²) < 4.78 is 6.26. The van der Waals surface area contributed by atoms with Crippen LogP contribution in [0, 0.1) is 0 Å². The van der Waals surface area contributed by atoms with Crippen LogP contribution in [0.15, 0.2) is 102 Å². The lowest BCUT2D eigenvalue weighted by Crippen LogP contribution is -2.18. The highest BCUT2D eigenvalue weighted by molar-refractivity contribution is 5.33. The molecule has 1 aliphatic rings. The van der Waals surface area contributed by atoms with Crippen molar-refractivity contribution < 1.29 is 4.74 Å². The van der Waals surface area contributed by atoms with Crippen molar-refractivity contribution in [1.29, 1.82) is 0 Å². The Morgan fingerprint density at radius 1 is 0.615 bits per heavy atom. The molecule has 0 radical (unpaired) electrons. The molecule has 0 fully saturated rings. The third-order valence-electron chi connectivity index (χ3n) is 5.08. The van der Waals surface area contributed by atoms with E-state index in [1.807, 2.05) is 0 Å². The van der Waals surface area contributed by atoms with E-state index >= 15 is 0 Å². The van der Waals surface area contributed by atoms with E-state index in [1.54, 1.807) is 0 Å². The summed E-state index contributed by atoms with van der Waals surface area (Å²) in [4.78, 5) is 0. The molecule has 130 valence electrons. The number of hydrogen-bond donors (Lipinski definition) is 0. The molecular weight excluding hydrogens is 316 g/mol. The van der Waals surface area contributed by atoms with E-state index in [4.69, 9.17) is 4.74 Å². The lowest BCUT2D eigenvalue weighted by Gasteiger charge is -2.29. The second-order valence-electron chi connectivity index (χ2n) is 6.95. The molecule has 0 aromatic heterocycles. The number of ether oxygens (including phenoxy) is 1. The summed E-state index contributed by atoms with van der Waals surface area (Å²) in [5.74, 6) is 0. The number of hydrogen-bond acceptors (Lipinski definition) is 1. The van der Waals surface area contributed by atoms with Gasteiger partial charge in [0.2, 0.25) is 0 Å². The normalized spacial score (nSPS) is 17.3. The quantitative estimate of drug-likeness (QED) is 0.523. The lowest BCUT2D eigenvalue weighted by atomic mass is 9.88. The van der Waals surface area contributed by atoms with Crippen LogP contribution in [-0.2, 0) is 17.6 Å². The second-order valence-corrected chi connectivity index (χ2v) is 6.95. The molecule has 3 aromatic rings. The van der Waals surface area contributed by atoms with Crippen molar-refractivity contribution in [3.8, 4) is 0 Å². The molecule has 1 nitrogen and oxygen atoms in total. The van der Waals surface area contributed by atoms with Crippen molar-refractivity contribution in [3.63, 3.8) is 0 Å². The summed E-state index contributed by atoms with van der Waals surface area (Å²) in [6, 6.07) is 32.1. The van der Waals surface area contributed by atoms with Gasteiger partial charge in [-0.05, 0) is 41.5 Å². The lowest BCUT2D eigenvalue weighted by molar-refractivity contribution is 0.0558. The third kappa shape index (κ3) is 4.12. The first kappa shape index (κ1) is 16.8. The van der Waals surface area contributed by atoms with Crippen molar-refractivity contribution in [2.75, 3.05) is 6.61 Å². The van der Waals surface area contributed by atoms with Crippen LogP contribution >= 0.6 is 0 Å². The van der Waals surface area contributed by atoms with E-state index in [2.05, 4.69) is 91.0 Å². The molecule has 0 spiro atoms. The average Bonchev–Trinajstić information content (AvgIpc) is 2.71. The van der Waals surface area contributed by atoms with E-state index < -0.39 is 0 Å². The average molecular weight is 340 g/mol. The second kappa shape index (κ2) is 8.16. The van der Waals surface area contributed by atoms with Gasteiger partial charge in [-0.2, -0.15) is 0 Å². The van der Waals surface area contributed by atoms with Crippen LogP contribution in [0.5, 0.6) is 0 Å². The fourth-order valence-corrected chi connectivity index (χ4v) is 3.67. The predicted octanol–water partition coefficient (Wildman–Crippen LogP) is 5.93. The zero-order valence-corrected chi connectivity index (χ0v) is 15.0. The van der Waals surface area contributed by atoms with E-state index in [1.165, 1.54) is 27.8 Å². The minimum Gasteiger partial charge on any atom is -0.369 e. The van der Waals surface area contributed by atoms with Gasteiger partial charge in [-0.25, -0.2) is 0 Å². The summed E-state index contributed by atoms with van der Waals surface area (Å²) in [6.07, 6.45) is 3.12. The molecule has 0 amide bonds. The van der Waals surface area contributed by atoms with Gasteiger partial charge in [0, 0.05) is 0 Å². The van der Waals surface area contributed by atoms with Crippen molar-refractivity contribution in [1.82, 2.24) is 0 Å². The Hall–Kier alpha value is -2.64. The number of benzene rings is 3. The molecule has 4 rings (SSSR count). The molecule has 3 aromatic carbocycles. The van der Waals surface area contributed by atoms with E-state index in [0.717, 1.165) is 25.9 Å². The molecule has 1 heteroatoms. The van der Waals surface area contributed by atoms with Gasteiger partial charge in [0.1, 0.15) is 0 Å². The Balaban J connectivity index is 1.61. The molecule has 0 saturated heterocycles. The zero-order valence-electron chi connectivity index (χ0n) is 15.0. The molecule has 26 heavy (non-hydrogen) atoms. The van der Waals surface area contributed by atoms with Crippen LogP contribution in [-0.4, -0.2) is 6.61 Å². The summed E-state index contributed by atoms with van der Waals surface area (Å²) in [7, 11) is 0. The number of rotatable bonds is 5. The van der Waals surface area contributed by atoms with Crippen molar-refractivity contribution in [3.05, 3.63) is 119 Å². The topological polar surface area (TPSA) is 9.23 Å². The molecule has 1 unspecified atom stereocenters. The van der Waals surface area contributed by atoms with Gasteiger partial charge in [0.05, 0.1) is 12.7 Å². The maximum atomic E-state index is 6.26. The Kier molecular flexibility index (Phi) is 5.27. The van der Waals surface area contributed by atoms with Crippen LogP contribution in [0.4, 0.5) is 0 Å². The third-order valence-corrected chi connectivity index (χ3v) is 5.08. The highest BCUT2D eigenvalue weighted by atomic mass is 16.5. The molecule has 0 saturated carbocycles. The Morgan fingerprint density at radius 2 is 1.12 bits per heavy atom. The van der Waals surface area contributed by atoms with Crippen molar-refractivity contribution in [2.24, 2.45) is 0 Å². The fraction of sp³-hybridized carbons (Fsp3) is 0.200. The minimum atomic E-state index is 0.162. The van der Waals surface area contributed by atoms with E-state index in [9.17, 15) is 0 Å². The van der Waals surface area contributed by atoms with Crippen LogP contribution < -0.4 is 0 Å². The first-order valence-electron chi connectivity index (χ1n) is 9.32. The highest BCUT2D eigenvalue weighted by Gasteiger charge is 2.23. The monoisotopic (exact) mass is 340 g/mol. The highest BCUT2D eigenvalue weighted by Crippen LogP contribution is 2.34. The molecule has 1 aliphatic heterocycles. The first-order chi connectivity index (χ1) is 12.9. The molecule has 1 atom stereocenters. The van der Waals surface area contributed by atoms with Gasteiger partial charge in [0.25, 0.3) is 0 Å². The molecule has 0 bridgehead atoms. The Morgan fingerprint density at radius 3 is 1.69 bits per heavy atom. The smallest absolute Gasteiger partial charge is 0.0866 e. The van der Waals surface area contributed by atoms with E-state index in [0.29, 0.717) is 0 Å². The maximum Gasteiger partial charge on any atom is 0.0866 e. The van der Waals surface area contributed by atoms with Gasteiger partial charge in [-0.1, -0.05) is 96.6 Å². The van der Waals surface area contributed by atoms with Crippen LogP contribution in [0.1, 0.15) is 29.2 Å². The molecule has 0 aliphatic carbocycles. The van der Waals surface area contributed by atoms with E-state index in [-0.39, 0.29) is 6.10 Å². The Labute approximate surface area is 156 Å². The molecule has 1 heterocycles. The summed E-state index contributed by atoms with van der Waals surface area (Å²) >= 11 is 0. The maximum absolute atomic E-state index is 6.26. The molecule has 0 N–H and O–H groups in total. The predicted molar refractivity (Wildman–Crippen MR) is 107 cm³/mol. The van der Waals surface area contributed by atoms with Gasteiger partial charge in [-0.3, -0.25) is 0 Å². The van der Waals surface area contributed by atoms with Crippen molar-refractivity contribution in [2.45, 2.75) is 25.4 Å². The minimum absolute atomic E-state index is 0.162. The summed E-state index contributed by atoms with van der Waals surface area (Å²) in [5, 5.41) is 0. The SMILES string of the molecule is c1ccc(CC2=C(Cc3ccccc3)CC(c3ccccc3)OC2)cc1. The zero-order chi connectivity index (χ0) is 17.6. The van der Waals surface area contributed by atoms with Crippen LogP contribution in [0.3, 0.4) is 0 Å². The Bertz CT molecular complexity index is 850. The van der Waals surface area contributed by atoms with Crippen LogP contribution in [0.25, 0.3) is 0 Å².